The SMILES string of the molecule is COc1ccc(Cl)cc1CC(=O)NCC1CCCNC1.Cl. The van der Waals surface area contributed by atoms with Crippen molar-refractivity contribution in [2.75, 3.05) is 26.7 Å². The van der Waals surface area contributed by atoms with Crippen molar-refractivity contribution in [3.8, 4) is 5.75 Å². The van der Waals surface area contributed by atoms with E-state index in [-0.39, 0.29) is 18.3 Å². The zero-order valence-electron chi connectivity index (χ0n) is 12.2. The van der Waals surface area contributed by atoms with E-state index in [9.17, 15) is 4.79 Å². The third kappa shape index (κ3) is 5.73. The van der Waals surface area contributed by atoms with Crippen LogP contribution in [0.15, 0.2) is 18.2 Å². The Morgan fingerprint density at radius 1 is 1.52 bits per heavy atom. The minimum Gasteiger partial charge on any atom is -0.496 e. The van der Waals surface area contributed by atoms with Crippen LogP contribution in [0.5, 0.6) is 5.75 Å². The molecule has 0 spiro atoms. The van der Waals surface area contributed by atoms with Gasteiger partial charge in [0.05, 0.1) is 13.5 Å². The van der Waals surface area contributed by atoms with Crippen LogP contribution in [-0.4, -0.2) is 32.7 Å². The molecule has 1 aromatic rings. The van der Waals surface area contributed by atoms with Crippen molar-refractivity contribution in [2.45, 2.75) is 19.3 Å². The molecule has 1 unspecified atom stereocenters. The summed E-state index contributed by atoms with van der Waals surface area (Å²) >= 11 is 5.96. The summed E-state index contributed by atoms with van der Waals surface area (Å²) in [5, 5.41) is 6.96. The molecule has 21 heavy (non-hydrogen) atoms. The second-order valence-electron chi connectivity index (χ2n) is 5.15. The Morgan fingerprint density at radius 3 is 3.00 bits per heavy atom. The Hall–Kier alpha value is -0.970. The van der Waals surface area contributed by atoms with E-state index in [2.05, 4.69) is 10.6 Å². The summed E-state index contributed by atoms with van der Waals surface area (Å²) in [5.74, 6) is 1.24. The highest BCUT2D eigenvalue weighted by molar-refractivity contribution is 6.30. The van der Waals surface area contributed by atoms with Crippen LogP contribution in [-0.2, 0) is 11.2 Å². The van der Waals surface area contributed by atoms with Gasteiger partial charge in [0, 0.05) is 17.1 Å². The quantitative estimate of drug-likeness (QED) is 0.870. The summed E-state index contributed by atoms with van der Waals surface area (Å²) < 4.78 is 5.25. The van der Waals surface area contributed by atoms with Gasteiger partial charge in [0.1, 0.15) is 5.75 Å². The molecule has 6 heteroatoms. The summed E-state index contributed by atoms with van der Waals surface area (Å²) in [6.07, 6.45) is 2.65. The average molecular weight is 333 g/mol. The van der Waals surface area contributed by atoms with Gasteiger partial charge in [-0.25, -0.2) is 0 Å². The molecule has 0 aliphatic carbocycles. The molecule has 2 rings (SSSR count). The lowest BCUT2D eigenvalue weighted by atomic mass is 9.99. The van der Waals surface area contributed by atoms with Crippen LogP contribution >= 0.6 is 24.0 Å². The van der Waals surface area contributed by atoms with Gasteiger partial charge in [0.15, 0.2) is 0 Å². The Balaban J connectivity index is 0.00000220. The molecule has 0 bridgehead atoms. The number of ether oxygens (including phenoxy) is 1. The fourth-order valence-electron chi connectivity index (χ4n) is 2.48. The fourth-order valence-corrected chi connectivity index (χ4v) is 2.67. The second kappa shape index (κ2) is 9.13. The number of hydrogen-bond donors (Lipinski definition) is 2. The molecule has 2 N–H and O–H groups in total. The summed E-state index contributed by atoms with van der Waals surface area (Å²) in [6, 6.07) is 5.33. The van der Waals surface area contributed by atoms with Gasteiger partial charge < -0.3 is 15.4 Å². The number of nitrogens with one attached hydrogen (secondary N) is 2. The number of rotatable bonds is 5. The summed E-state index contributed by atoms with van der Waals surface area (Å²) in [7, 11) is 1.60. The van der Waals surface area contributed by atoms with Crippen LogP contribution in [0.4, 0.5) is 0 Å². The average Bonchev–Trinajstić information content (AvgIpc) is 2.46. The van der Waals surface area contributed by atoms with Gasteiger partial charge in [0.2, 0.25) is 5.91 Å². The van der Waals surface area contributed by atoms with Crippen LogP contribution < -0.4 is 15.4 Å². The molecule has 1 fully saturated rings. The summed E-state index contributed by atoms with van der Waals surface area (Å²) in [6.45, 7) is 2.81. The first-order valence-corrected chi connectivity index (χ1v) is 7.36. The molecule has 1 saturated heterocycles. The van der Waals surface area contributed by atoms with Crippen molar-refractivity contribution >= 4 is 29.9 Å². The Morgan fingerprint density at radius 2 is 2.33 bits per heavy atom. The number of carbonyl (C=O) groups is 1. The largest absolute Gasteiger partial charge is 0.496 e. The van der Waals surface area contributed by atoms with Crippen LogP contribution in [0.2, 0.25) is 5.02 Å². The van der Waals surface area contributed by atoms with E-state index in [1.807, 2.05) is 0 Å². The smallest absolute Gasteiger partial charge is 0.224 e. The third-order valence-electron chi connectivity index (χ3n) is 3.58. The molecule has 1 amide bonds. The van der Waals surface area contributed by atoms with E-state index in [0.29, 0.717) is 23.1 Å². The van der Waals surface area contributed by atoms with Gasteiger partial charge in [-0.2, -0.15) is 0 Å². The molecular formula is C15H22Cl2N2O2. The number of benzene rings is 1. The highest BCUT2D eigenvalue weighted by Crippen LogP contribution is 2.23. The van der Waals surface area contributed by atoms with Gasteiger partial charge in [-0.1, -0.05) is 11.6 Å². The standard InChI is InChI=1S/C15H21ClN2O2.ClH/c1-20-14-5-4-13(16)7-12(14)8-15(19)18-10-11-3-2-6-17-9-11;/h4-5,7,11,17H,2-3,6,8-10H2,1H3,(H,18,19);1H. The number of piperidine rings is 1. The molecule has 4 nitrogen and oxygen atoms in total. The Kier molecular flexibility index (Phi) is 7.86. The minimum atomic E-state index is 0. The van der Waals surface area contributed by atoms with Crippen molar-refractivity contribution in [3.05, 3.63) is 28.8 Å². The maximum Gasteiger partial charge on any atom is 0.224 e. The minimum absolute atomic E-state index is 0. The number of amides is 1. The van der Waals surface area contributed by atoms with E-state index < -0.39 is 0 Å². The Bertz CT molecular complexity index is 463. The zero-order chi connectivity index (χ0) is 14.4. The second-order valence-corrected chi connectivity index (χ2v) is 5.59. The molecule has 118 valence electrons. The number of hydrogen-bond acceptors (Lipinski definition) is 3. The van der Waals surface area contributed by atoms with E-state index in [4.69, 9.17) is 16.3 Å². The molecule has 1 atom stereocenters. The van der Waals surface area contributed by atoms with Gasteiger partial charge in [-0.05, 0) is 50.0 Å². The lowest BCUT2D eigenvalue weighted by molar-refractivity contribution is -0.120. The van der Waals surface area contributed by atoms with Crippen molar-refractivity contribution in [2.24, 2.45) is 5.92 Å². The first-order chi connectivity index (χ1) is 9.69. The van der Waals surface area contributed by atoms with Crippen LogP contribution in [0.25, 0.3) is 0 Å². The normalized spacial score (nSPS) is 17.7. The topological polar surface area (TPSA) is 50.4 Å². The molecule has 1 aromatic carbocycles. The van der Waals surface area contributed by atoms with Crippen molar-refractivity contribution < 1.29 is 9.53 Å². The summed E-state index contributed by atoms with van der Waals surface area (Å²) in [5.41, 5.74) is 0.819. The molecule has 1 aliphatic heterocycles. The molecule has 0 saturated carbocycles. The predicted octanol–water partition coefficient (Wildman–Crippen LogP) is 2.43. The summed E-state index contributed by atoms with van der Waals surface area (Å²) in [4.78, 5) is 12.0. The predicted molar refractivity (Wildman–Crippen MR) is 87.6 cm³/mol. The van der Waals surface area contributed by atoms with E-state index in [1.54, 1.807) is 25.3 Å². The van der Waals surface area contributed by atoms with Gasteiger partial charge in [0.25, 0.3) is 0 Å². The van der Waals surface area contributed by atoms with Crippen LogP contribution in [0.1, 0.15) is 18.4 Å². The van der Waals surface area contributed by atoms with Gasteiger partial charge in [-0.15, -0.1) is 12.4 Å². The highest BCUT2D eigenvalue weighted by atomic mass is 35.5. The molecule has 1 aliphatic rings. The number of methoxy groups -OCH3 is 1. The van der Waals surface area contributed by atoms with Crippen LogP contribution in [0, 0.1) is 5.92 Å². The molecular weight excluding hydrogens is 311 g/mol. The molecule has 0 aromatic heterocycles. The maximum atomic E-state index is 12.0. The number of halogens is 2. The van der Waals surface area contributed by atoms with Crippen LogP contribution in [0.3, 0.4) is 0 Å². The highest BCUT2D eigenvalue weighted by Gasteiger charge is 2.15. The zero-order valence-corrected chi connectivity index (χ0v) is 13.7. The van der Waals surface area contributed by atoms with Crippen molar-refractivity contribution in [3.63, 3.8) is 0 Å². The van der Waals surface area contributed by atoms with Crippen molar-refractivity contribution in [1.82, 2.24) is 10.6 Å². The lowest BCUT2D eigenvalue weighted by Crippen LogP contribution is -2.38. The van der Waals surface area contributed by atoms with E-state index in [1.165, 1.54) is 12.8 Å². The molecule has 1 heterocycles. The maximum absolute atomic E-state index is 12.0. The van der Waals surface area contributed by atoms with Crippen molar-refractivity contribution in [1.29, 1.82) is 0 Å². The fraction of sp³-hybridized carbons (Fsp3) is 0.533. The van der Waals surface area contributed by atoms with E-state index >= 15 is 0 Å². The lowest BCUT2D eigenvalue weighted by Gasteiger charge is -2.22. The molecule has 0 radical (unpaired) electrons. The third-order valence-corrected chi connectivity index (χ3v) is 3.82. The van der Waals surface area contributed by atoms with Gasteiger partial charge >= 0.3 is 0 Å². The Labute approximate surface area is 137 Å². The monoisotopic (exact) mass is 332 g/mol. The first-order valence-electron chi connectivity index (χ1n) is 6.99. The van der Waals surface area contributed by atoms with Gasteiger partial charge in [-0.3, -0.25) is 4.79 Å². The first kappa shape index (κ1) is 18.1. The number of carbonyl (C=O) groups excluding carboxylic acids is 1. The van der Waals surface area contributed by atoms with E-state index in [0.717, 1.165) is 25.2 Å².